The second kappa shape index (κ2) is 4.43. The van der Waals surface area contributed by atoms with Crippen LogP contribution < -0.4 is 5.32 Å². The normalized spacial score (nSPS) is 37.4. The molecule has 2 nitrogen and oxygen atoms in total. The summed E-state index contributed by atoms with van der Waals surface area (Å²) in [4.78, 5) is 0. The van der Waals surface area contributed by atoms with Crippen molar-refractivity contribution in [2.24, 2.45) is 5.92 Å². The zero-order valence-corrected chi connectivity index (χ0v) is 9.14. The molecule has 1 aliphatic rings. The molecule has 78 valence electrons. The molecule has 0 heterocycles. The Kier molecular flexibility index (Phi) is 3.74. The summed E-state index contributed by atoms with van der Waals surface area (Å²) < 4.78 is 0. The number of hydrogen-bond donors (Lipinski definition) is 2. The highest BCUT2D eigenvalue weighted by Crippen LogP contribution is 2.35. The van der Waals surface area contributed by atoms with Crippen molar-refractivity contribution < 1.29 is 5.11 Å². The lowest BCUT2D eigenvalue weighted by molar-refractivity contribution is -0.0439. The van der Waals surface area contributed by atoms with Crippen LogP contribution >= 0.6 is 0 Å². The van der Waals surface area contributed by atoms with Crippen LogP contribution in [0.1, 0.15) is 46.5 Å². The summed E-state index contributed by atoms with van der Waals surface area (Å²) in [6.07, 6.45) is 4.59. The lowest BCUT2D eigenvalue weighted by atomic mass is 9.73. The highest BCUT2D eigenvalue weighted by atomic mass is 16.3. The van der Waals surface area contributed by atoms with Gasteiger partial charge in [0.05, 0.1) is 5.60 Å². The van der Waals surface area contributed by atoms with E-state index in [0.717, 1.165) is 13.0 Å². The van der Waals surface area contributed by atoms with Crippen LogP contribution in [-0.4, -0.2) is 23.3 Å². The third kappa shape index (κ3) is 2.68. The van der Waals surface area contributed by atoms with Crippen molar-refractivity contribution in [2.75, 3.05) is 6.54 Å². The fourth-order valence-corrected chi connectivity index (χ4v) is 2.60. The summed E-state index contributed by atoms with van der Waals surface area (Å²) in [7, 11) is 0. The van der Waals surface area contributed by atoms with E-state index >= 15 is 0 Å². The number of rotatable bonds is 3. The molecule has 1 fully saturated rings. The van der Waals surface area contributed by atoms with Gasteiger partial charge in [-0.1, -0.05) is 19.8 Å². The van der Waals surface area contributed by atoms with Crippen molar-refractivity contribution in [1.29, 1.82) is 0 Å². The van der Waals surface area contributed by atoms with E-state index in [4.69, 9.17) is 0 Å². The van der Waals surface area contributed by atoms with Gasteiger partial charge in [0.25, 0.3) is 0 Å². The summed E-state index contributed by atoms with van der Waals surface area (Å²) >= 11 is 0. The van der Waals surface area contributed by atoms with Crippen LogP contribution in [0.2, 0.25) is 0 Å². The zero-order valence-electron chi connectivity index (χ0n) is 9.14. The van der Waals surface area contributed by atoms with E-state index in [-0.39, 0.29) is 0 Å². The van der Waals surface area contributed by atoms with Crippen LogP contribution in [0.3, 0.4) is 0 Å². The summed E-state index contributed by atoms with van der Waals surface area (Å²) in [5.74, 6) is 0.432. The Morgan fingerprint density at radius 3 is 2.77 bits per heavy atom. The number of aliphatic hydroxyl groups is 1. The van der Waals surface area contributed by atoms with Crippen molar-refractivity contribution in [1.82, 2.24) is 5.32 Å². The third-order valence-corrected chi connectivity index (χ3v) is 3.38. The minimum absolute atomic E-state index is 0.432. The molecule has 0 aliphatic heterocycles. The van der Waals surface area contributed by atoms with Gasteiger partial charge in [0.15, 0.2) is 0 Å². The fourth-order valence-electron chi connectivity index (χ4n) is 2.60. The van der Waals surface area contributed by atoms with E-state index in [1.807, 2.05) is 6.92 Å². The molecule has 1 rings (SSSR count). The van der Waals surface area contributed by atoms with Crippen molar-refractivity contribution >= 4 is 0 Å². The van der Waals surface area contributed by atoms with Crippen LogP contribution in [0.5, 0.6) is 0 Å². The molecular formula is C11H23NO. The van der Waals surface area contributed by atoms with Gasteiger partial charge in [-0.05, 0) is 33.2 Å². The first-order valence-corrected chi connectivity index (χ1v) is 5.53. The molecule has 13 heavy (non-hydrogen) atoms. The average molecular weight is 185 g/mol. The Bertz CT molecular complexity index is 156. The van der Waals surface area contributed by atoms with Gasteiger partial charge < -0.3 is 10.4 Å². The molecule has 2 N–H and O–H groups in total. The summed E-state index contributed by atoms with van der Waals surface area (Å²) in [6.45, 7) is 7.29. The largest absolute Gasteiger partial charge is 0.390 e. The maximum absolute atomic E-state index is 10.2. The van der Waals surface area contributed by atoms with E-state index in [2.05, 4.69) is 19.2 Å². The van der Waals surface area contributed by atoms with Crippen LogP contribution in [0.15, 0.2) is 0 Å². The van der Waals surface area contributed by atoms with E-state index in [9.17, 15) is 5.11 Å². The Balaban J connectivity index is 2.54. The van der Waals surface area contributed by atoms with Gasteiger partial charge in [-0.15, -0.1) is 0 Å². The van der Waals surface area contributed by atoms with E-state index in [1.165, 1.54) is 19.3 Å². The molecule has 1 aliphatic carbocycles. The maximum Gasteiger partial charge on any atom is 0.0662 e. The molecule has 0 saturated heterocycles. The standard InChI is InChI=1S/C11H23NO/c1-4-12-9(2)10-7-5-6-8-11(10,3)13/h9-10,12-13H,4-8H2,1-3H3/t9?,10-,11+/m0/s1. The molecule has 2 heteroatoms. The second-order valence-corrected chi connectivity index (χ2v) is 4.56. The number of nitrogens with one attached hydrogen (secondary N) is 1. The molecule has 0 spiro atoms. The fraction of sp³-hybridized carbons (Fsp3) is 1.00. The average Bonchev–Trinajstić information content (AvgIpc) is 2.03. The maximum atomic E-state index is 10.2. The smallest absolute Gasteiger partial charge is 0.0662 e. The summed E-state index contributed by atoms with van der Waals surface area (Å²) in [5, 5.41) is 13.6. The van der Waals surface area contributed by atoms with Crippen molar-refractivity contribution in [2.45, 2.75) is 58.1 Å². The third-order valence-electron chi connectivity index (χ3n) is 3.38. The molecule has 0 aromatic heterocycles. The highest BCUT2D eigenvalue weighted by Gasteiger charge is 2.37. The van der Waals surface area contributed by atoms with E-state index in [0.29, 0.717) is 12.0 Å². The van der Waals surface area contributed by atoms with Crippen molar-refractivity contribution in [3.05, 3.63) is 0 Å². The molecule has 3 atom stereocenters. The minimum atomic E-state index is -0.445. The molecule has 0 aromatic rings. The molecular weight excluding hydrogens is 162 g/mol. The molecule has 0 bridgehead atoms. The molecule has 0 radical (unpaired) electrons. The Morgan fingerprint density at radius 2 is 2.23 bits per heavy atom. The van der Waals surface area contributed by atoms with Crippen molar-refractivity contribution in [3.8, 4) is 0 Å². The highest BCUT2D eigenvalue weighted by molar-refractivity contribution is 4.91. The Morgan fingerprint density at radius 1 is 1.54 bits per heavy atom. The van der Waals surface area contributed by atoms with Crippen LogP contribution in [0, 0.1) is 5.92 Å². The topological polar surface area (TPSA) is 32.3 Å². The quantitative estimate of drug-likeness (QED) is 0.704. The minimum Gasteiger partial charge on any atom is -0.390 e. The second-order valence-electron chi connectivity index (χ2n) is 4.56. The predicted octanol–water partition coefficient (Wildman–Crippen LogP) is 1.93. The van der Waals surface area contributed by atoms with Crippen LogP contribution in [0.25, 0.3) is 0 Å². The summed E-state index contributed by atoms with van der Waals surface area (Å²) in [6, 6.07) is 0.445. The number of hydrogen-bond acceptors (Lipinski definition) is 2. The SMILES string of the molecule is CCNC(C)[C@@H]1CCCC[C@@]1(C)O. The van der Waals surface area contributed by atoms with Crippen LogP contribution in [0.4, 0.5) is 0 Å². The van der Waals surface area contributed by atoms with Crippen molar-refractivity contribution in [3.63, 3.8) is 0 Å². The Hall–Kier alpha value is -0.0800. The van der Waals surface area contributed by atoms with Gasteiger partial charge in [0.2, 0.25) is 0 Å². The van der Waals surface area contributed by atoms with Gasteiger partial charge in [0, 0.05) is 12.0 Å². The van der Waals surface area contributed by atoms with Crippen LogP contribution in [-0.2, 0) is 0 Å². The first-order chi connectivity index (χ1) is 6.08. The molecule has 1 saturated carbocycles. The van der Waals surface area contributed by atoms with Gasteiger partial charge in [-0.25, -0.2) is 0 Å². The predicted molar refractivity (Wildman–Crippen MR) is 55.7 cm³/mol. The lowest BCUT2D eigenvalue weighted by Gasteiger charge is -2.40. The molecule has 0 aromatic carbocycles. The van der Waals surface area contributed by atoms with Gasteiger partial charge in [0.1, 0.15) is 0 Å². The van der Waals surface area contributed by atoms with Gasteiger partial charge in [-0.2, -0.15) is 0 Å². The molecule has 0 amide bonds. The Labute approximate surface area is 81.7 Å². The lowest BCUT2D eigenvalue weighted by Crippen LogP contribution is -2.48. The monoisotopic (exact) mass is 185 g/mol. The van der Waals surface area contributed by atoms with E-state index in [1.54, 1.807) is 0 Å². The van der Waals surface area contributed by atoms with E-state index < -0.39 is 5.60 Å². The molecule has 1 unspecified atom stereocenters. The van der Waals surface area contributed by atoms with Gasteiger partial charge in [-0.3, -0.25) is 0 Å². The first kappa shape index (κ1) is 11.0. The summed E-state index contributed by atoms with van der Waals surface area (Å²) in [5.41, 5.74) is -0.445. The van der Waals surface area contributed by atoms with Gasteiger partial charge >= 0.3 is 0 Å². The first-order valence-electron chi connectivity index (χ1n) is 5.53. The zero-order chi connectivity index (χ0) is 9.90.